The molecule has 0 N–H and O–H groups in total. The second-order valence-electron chi connectivity index (χ2n) is 4.86. The zero-order chi connectivity index (χ0) is 16.4. The first kappa shape index (κ1) is 16.0. The first-order chi connectivity index (χ1) is 10.3. The van der Waals surface area contributed by atoms with Crippen molar-refractivity contribution in [2.45, 2.75) is 18.9 Å². The van der Waals surface area contributed by atoms with Crippen LogP contribution in [-0.4, -0.2) is 41.4 Å². The number of ether oxygens (including phenoxy) is 1. The molecule has 1 aliphatic heterocycles. The molecule has 118 valence electrons. The van der Waals surface area contributed by atoms with E-state index in [0.717, 1.165) is 6.42 Å². The molecule has 7 nitrogen and oxygen atoms in total. The van der Waals surface area contributed by atoms with Crippen LogP contribution >= 0.6 is 0 Å². The standard InChI is InChI=1S/C13H12F2N2O5/c1-16-6-2-3-9(16)12(18)22-13(19)10-7(14)4-5-8(11(10)15)17(20)21/h4-5,9H,2-3,6H2,1H3/t9-/m0/s1. The quantitative estimate of drug-likeness (QED) is 0.365. The van der Waals surface area contributed by atoms with Crippen molar-refractivity contribution in [2.24, 2.45) is 0 Å². The highest BCUT2D eigenvalue weighted by atomic mass is 19.1. The number of nitro benzene ring substituents is 1. The number of hydrogen-bond acceptors (Lipinski definition) is 6. The third-order valence-electron chi connectivity index (χ3n) is 3.46. The highest BCUT2D eigenvalue weighted by molar-refractivity contribution is 5.99. The summed E-state index contributed by atoms with van der Waals surface area (Å²) in [5, 5.41) is 10.6. The zero-order valence-corrected chi connectivity index (χ0v) is 11.5. The van der Waals surface area contributed by atoms with Crippen LogP contribution in [0.2, 0.25) is 0 Å². The third kappa shape index (κ3) is 2.93. The molecule has 22 heavy (non-hydrogen) atoms. The fraction of sp³-hybridized carbons (Fsp3) is 0.385. The van der Waals surface area contributed by atoms with Gasteiger partial charge in [0, 0.05) is 6.07 Å². The normalized spacial score (nSPS) is 18.2. The summed E-state index contributed by atoms with van der Waals surface area (Å²) in [6.45, 7) is 0.632. The lowest BCUT2D eigenvalue weighted by Crippen LogP contribution is -2.35. The maximum Gasteiger partial charge on any atom is 0.352 e. The van der Waals surface area contributed by atoms with Gasteiger partial charge in [0.1, 0.15) is 17.4 Å². The maximum absolute atomic E-state index is 13.8. The minimum Gasteiger partial charge on any atom is -0.388 e. The molecular weight excluding hydrogens is 302 g/mol. The van der Waals surface area contributed by atoms with Crippen LogP contribution in [0.25, 0.3) is 0 Å². The summed E-state index contributed by atoms with van der Waals surface area (Å²) in [5.74, 6) is -5.51. The molecule has 1 saturated heterocycles. The lowest BCUT2D eigenvalue weighted by Gasteiger charge is -2.16. The van der Waals surface area contributed by atoms with Gasteiger partial charge in [-0.05, 0) is 32.5 Å². The zero-order valence-electron chi connectivity index (χ0n) is 11.5. The van der Waals surface area contributed by atoms with Crippen LogP contribution in [-0.2, 0) is 9.53 Å². The van der Waals surface area contributed by atoms with E-state index in [0.29, 0.717) is 25.1 Å². The Morgan fingerprint density at radius 2 is 2.09 bits per heavy atom. The molecule has 1 aromatic carbocycles. The number of hydrogen-bond donors (Lipinski definition) is 0. The van der Waals surface area contributed by atoms with Crippen LogP contribution in [0.15, 0.2) is 12.1 Å². The molecule has 0 aliphatic carbocycles. The van der Waals surface area contributed by atoms with Gasteiger partial charge in [-0.1, -0.05) is 0 Å². The van der Waals surface area contributed by atoms with Crippen LogP contribution in [0, 0.1) is 21.7 Å². The molecule has 9 heteroatoms. The van der Waals surface area contributed by atoms with E-state index < -0.39 is 45.8 Å². The molecular formula is C13H12F2N2O5. The monoisotopic (exact) mass is 314 g/mol. The summed E-state index contributed by atoms with van der Waals surface area (Å²) in [5.41, 5.74) is -2.32. The number of carbonyl (C=O) groups is 2. The molecule has 0 aromatic heterocycles. The largest absolute Gasteiger partial charge is 0.388 e. The second kappa shape index (κ2) is 6.14. The third-order valence-corrected chi connectivity index (χ3v) is 3.46. The first-order valence-corrected chi connectivity index (χ1v) is 6.41. The Labute approximate surface area is 123 Å². The van der Waals surface area contributed by atoms with E-state index in [2.05, 4.69) is 4.74 Å². The molecule has 0 radical (unpaired) electrons. The molecule has 2 rings (SSSR count). The van der Waals surface area contributed by atoms with Gasteiger partial charge in [0.15, 0.2) is 0 Å². The number of likely N-dealkylation sites (N-methyl/N-ethyl adjacent to an activating group) is 1. The van der Waals surface area contributed by atoms with E-state index in [9.17, 15) is 28.5 Å². The molecule has 0 bridgehead atoms. The molecule has 0 spiro atoms. The lowest BCUT2D eigenvalue weighted by molar-refractivity contribution is -0.387. The number of likely N-dealkylation sites (tertiary alicyclic amines) is 1. The number of rotatable bonds is 3. The number of benzene rings is 1. The van der Waals surface area contributed by atoms with Gasteiger partial charge in [-0.25, -0.2) is 14.0 Å². The molecule has 1 aromatic rings. The highest BCUT2D eigenvalue weighted by Crippen LogP contribution is 2.24. The molecule has 1 aliphatic rings. The SMILES string of the molecule is CN1CCC[C@H]1C(=O)OC(=O)c1c(F)ccc([N+](=O)[O-])c1F. The van der Waals surface area contributed by atoms with E-state index in [-0.39, 0.29) is 0 Å². The molecule has 1 atom stereocenters. The van der Waals surface area contributed by atoms with Crippen molar-refractivity contribution in [3.63, 3.8) is 0 Å². The van der Waals surface area contributed by atoms with Crippen molar-refractivity contribution in [3.8, 4) is 0 Å². The molecule has 0 amide bonds. The average Bonchev–Trinajstić information content (AvgIpc) is 2.84. The van der Waals surface area contributed by atoms with Crippen LogP contribution in [0.3, 0.4) is 0 Å². The van der Waals surface area contributed by atoms with Crippen molar-refractivity contribution >= 4 is 17.6 Å². The van der Waals surface area contributed by atoms with Crippen molar-refractivity contribution < 1.29 is 28.0 Å². The molecule has 0 unspecified atom stereocenters. The van der Waals surface area contributed by atoms with Gasteiger partial charge in [-0.15, -0.1) is 0 Å². The predicted molar refractivity (Wildman–Crippen MR) is 69.1 cm³/mol. The first-order valence-electron chi connectivity index (χ1n) is 6.41. The van der Waals surface area contributed by atoms with E-state index in [1.165, 1.54) is 0 Å². The van der Waals surface area contributed by atoms with Gasteiger partial charge in [0.05, 0.1) is 4.92 Å². The summed E-state index contributed by atoms with van der Waals surface area (Å²) >= 11 is 0. The van der Waals surface area contributed by atoms with Crippen LogP contribution in [0.4, 0.5) is 14.5 Å². The van der Waals surface area contributed by atoms with Gasteiger partial charge in [-0.2, -0.15) is 4.39 Å². The van der Waals surface area contributed by atoms with E-state index in [4.69, 9.17) is 0 Å². The van der Waals surface area contributed by atoms with Gasteiger partial charge in [0.2, 0.25) is 5.82 Å². The Balaban J connectivity index is 2.24. The van der Waals surface area contributed by atoms with E-state index >= 15 is 0 Å². The van der Waals surface area contributed by atoms with Gasteiger partial charge >= 0.3 is 17.6 Å². The number of nitrogens with zero attached hydrogens (tertiary/aromatic N) is 2. The van der Waals surface area contributed by atoms with Crippen molar-refractivity contribution in [2.75, 3.05) is 13.6 Å². The number of esters is 2. The van der Waals surface area contributed by atoms with Crippen molar-refractivity contribution in [3.05, 3.63) is 39.4 Å². The minimum absolute atomic E-state index is 0.461. The molecule has 1 fully saturated rings. The smallest absolute Gasteiger partial charge is 0.352 e. The molecule has 0 saturated carbocycles. The summed E-state index contributed by atoms with van der Waals surface area (Å²) in [4.78, 5) is 34.7. The van der Waals surface area contributed by atoms with Crippen LogP contribution in [0.5, 0.6) is 0 Å². The summed E-state index contributed by atoms with van der Waals surface area (Å²) in [6, 6.07) is 0.492. The fourth-order valence-corrected chi connectivity index (χ4v) is 2.29. The summed E-state index contributed by atoms with van der Waals surface area (Å²) in [6.07, 6.45) is 1.19. The summed E-state index contributed by atoms with van der Waals surface area (Å²) < 4.78 is 31.9. The Hall–Kier alpha value is -2.42. The Morgan fingerprint density at radius 1 is 1.41 bits per heavy atom. The van der Waals surface area contributed by atoms with E-state index in [1.807, 2.05) is 0 Å². The average molecular weight is 314 g/mol. The van der Waals surface area contributed by atoms with Crippen molar-refractivity contribution in [1.82, 2.24) is 4.90 Å². The van der Waals surface area contributed by atoms with Crippen LogP contribution in [0.1, 0.15) is 23.2 Å². The van der Waals surface area contributed by atoms with Gasteiger partial charge < -0.3 is 4.74 Å². The highest BCUT2D eigenvalue weighted by Gasteiger charge is 2.33. The minimum atomic E-state index is -1.66. The Bertz CT molecular complexity index is 650. The Kier molecular flexibility index (Phi) is 4.45. The van der Waals surface area contributed by atoms with E-state index in [1.54, 1.807) is 11.9 Å². The molecule has 1 heterocycles. The second-order valence-corrected chi connectivity index (χ2v) is 4.86. The van der Waals surface area contributed by atoms with Crippen LogP contribution < -0.4 is 0 Å². The van der Waals surface area contributed by atoms with Crippen molar-refractivity contribution in [1.29, 1.82) is 0 Å². The number of halogens is 2. The summed E-state index contributed by atoms with van der Waals surface area (Å²) in [7, 11) is 1.65. The predicted octanol–water partition coefficient (Wildman–Crippen LogP) is 1.65. The van der Waals surface area contributed by atoms with Gasteiger partial charge in [-0.3, -0.25) is 15.0 Å². The lowest BCUT2D eigenvalue weighted by atomic mass is 10.1. The number of nitro groups is 1. The topological polar surface area (TPSA) is 89.8 Å². The number of carbonyl (C=O) groups excluding carboxylic acids is 2. The maximum atomic E-state index is 13.8. The Morgan fingerprint density at radius 3 is 2.64 bits per heavy atom. The van der Waals surface area contributed by atoms with Gasteiger partial charge in [0.25, 0.3) is 0 Å². The fourth-order valence-electron chi connectivity index (χ4n) is 2.29.